The first kappa shape index (κ1) is 13.5. The summed E-state index contributed by atoms with van der Waals surface area (Å²) in [6.07, 6.45) is 1.74. The Kier molecular flexibility index (Phi) is 3.50. The summed E-state index contributed by atoms with van der Waals surface area (Å²) in [7, 11) is -2.49. The molecule has 0 radical (unpaired) electrons. The zero-order chi connectivity index (χ0) is 14.8. The monoisotopic (exact) mass is 299 g/mol. The van der Waals surface area contributed by atoms with E-state index < -0.39 is 10.3 Å². The lowest BCUT2D eigenvalue weighted by molar-refractivity contribution is 0.179. The zero-order valence-electron chi connectivity index (χ0n) is 11.1. The van der Waals surface area contributed by atoms with Crippen LogP contribution in [0.1, 0.15) is 11.1 Å². The molecule has 0 bridgehead atoms. The van der Waals surface area contributed by atoms with Crippen LogP contribution >= 0.6 is 0 Å². The summed E-state index contributed by atoms with van der Waals surface area (Å²) in [5.41, 5.74) is 1.55. The van der Waals surface area contributed by atoms with Crippen LogP contribution in [-0.4, -0.2) is 18.4 Å². The summed E-state index contributed by atoms with van der Waals surface area (Å²) in [4.78, 5) is 0. The Bertz CT molecular complexity index is 980. The van der Waals surface area contributed by atoms with Crippen molar-refractivity contribution in [3.05, 3.63) is 76.6 Å². The molecule has 4 nitrogen and oxygen atoms in total. The van der Waals surface area contributed by atoms with E-state index in [0.29, 0.717) is 16.7 Å². The summed E-state index contributed by atoms with van der Waals surface area (Å²) in [5, 5.41) is 11.9. The first-order valence-electron chi connectivity index (χ1n) is 6.45. The van der Waals surface area contributed by atoms with Gasteiger partial charge in [-0.05, 0) is 28.0 Å². The third-order valence-electron chi connectivity index (χ3n) is 3.37. The minimum atomic E-state index is -2.49. The quantitative estimate of drug-likeness (QED) is 0.584. The smallest absolute Gasteiger partial charge is 0.242 e. The van der Waals surface area contributed by atoms with Crippen molar-refractivity contribution in [1.29, 1.82) is 0 Å². The van der Waals surface area contributed by atoms with Crippen LogP contribution in [0.15, 0.2) is 60.8 Å². The molecule has 3 aromatic rings. The van der Waals surface area contributed by atoms with Gasteiger partial charge >= 0.3 is 0 Å². The zero-order valence-corrected chi connectivity index (χ0v) is 11.9. The van der Waals surface area contributed by atoms with Crippen LogP contribution in [0.5, 0.6) is 0 Å². The van der Waals surface area contributed by atoms with Gasteiger partial charge in [-0.1, -0.05) is 48.5 Å². The molecule has 0 unspecified atom stereocenters. The predicted octanol–water partition coefficient (Wildman–Crippen LogP) is 2.88. The van der Waals surface area contributed by atoms with Crippen LogP contribution in [-0.2, 0) is 16.7 Å². The van der Waals surface area contributed by atoms with Crippen molar-refractivity contribution in [2.45, 2.75) is 6.42 Å². The van der Waals surface area contributed by atoms with E-state index in [2.05, 4.69) is 0 Å². The van der Waals surface area contributed by atoms with E-state index in [0.717, 1.165) is 16.3 Å². The first-order valence-corrected chi connectivity index (χ1v) is 7.52. The summed E-state index contributed by atoms with van der Waals surface area (Å²) in [6.45, 7) is 0. The molecule has 0 aliphatic rings. The maximum absolute atomic E-state index is 11.3. The summed E-state index contributed by atoms with van der Waals surface area (Å²) < 4.78 is 23.1. The molecule has 2 aromatic carbocycles. The van der Waals surface area contributed by atoms with Crippen LogP contribution < -0.4 is 0 Å². The Labute approximate surface area is 123 Å². The van der Waals surface area contributed by atoms with E-state index in [4.69, 9.17) is 0 Å². The second-order valence-electron chi connectivity index (χ2n) is 4.78. The van der Waals surface area contributed by atoms with Gasteiger partial charge in [-0.25, -0.2) is 0 Å². The highest BCUT2D eigenvalue weighted by atomic mass is 32.2. The van der Waals surface area contributed by atoms with Gasteiger partial charge in [-0.3, -0.25) is 0 Å². The minimum absolute atomic E-state index is 0.106. The molecule has 0 fully saturated rings. The van der Waals surface area contributed by atoms with Gasteiger partial charge in [0.05, 0.1) is 0 Å². The number of benzene rings is 2. The molecule has 5 heteroatoms. The number of rotatable bonds is 2. The highest BCUT2D eigenvalue weighted by Crippen LogP contribution is 2.18. The van der Waals surface area contributed by atoms with Gasteiger partial charge < -0.3 is 5.21 Å². The standard InChI is InChI=1S/C16H13NO3S/c18-17-9-3-6-15(16(17)21(19)20)11-12-7-8-13-4-1-2-5-14(13)10-12/h1-10,18H,11H2. The van der Waals surface area contributed by atoms with Gasteiger partial charge in [0.1, 0.15) is 0 Å². The average molecular weight is 299 g/mol. The van der Waals surface area contributed by atoms with Gasteiger partial charge in [0, 0.05) is 12.6 Å². The molecule has 0 aliphatic carbocycles. The van der Waals surface area contributed by atoms with E-state index in [1.807, 2.05) is 42.5 Å². The Hall–Kier alpha value is -2.53. The van der Waals surface area contributed by atoms with E-state index in [-0.39, 0.29) is 4.64 Å². The van der Waals surface area contributed by atoms with Crippen molar-refractivity contribution < 1.29 is 13.6 Å². The SMILES string of the molecule is O=S(=O)=c1c(Cc2ccc3ccccc3c2)cccn1O. The largest absolute Gasteiger partial charge is 0.427 e. The number of hydrogen-bond donors (Lipinski definition) is 1. The molecule has 0 saturated heterocycles. The summed E-state index contributed by atoms with van der Waals surface area (Å²) in [5.74, 6) is 0. The van der Waals surface area contributed by atoms with Crippen molar-refractivity contribution in [3.63, 3.8) is 0 Å². The molecule has 0 amide bonds. The summed E-state index contributed by atoms with van der Waals surface area (Å²) in [6, 6.07) is 17.3. The highest BCUT2D eigenvalue weighted by molar-refractivity contribution is 7.63. The molecule has 1 aromatic heterocycles. The lowest BCUT2D eigenvalue weighted by Crippen LogP contribution is -2.01. The molecular weight excluding hydrogens is 286 g/mol. The van der Waals surface area contributed by atoms with Gasteiger partial charge in [-0.15, -0.1) is 0 Å². The number of pyridine rings is 1. The third kappa shape index (κ3) is 2.68. The Morgan fingerprint density at radius 3 is 2.48 bits per heavy atom. The fraction of sp³-hybridized carbons (Fsp3) is 0.0625. The molecule has 106 valence electrons. The summed E-state index contributed by atoms with van der Waals surface area (Å²) >= 11 is 0. The second kappa shape index (κ2) is 5.46. The number of fused-ring (bicyclic) bond motifs is 1. The van der Waals surface area contributed by atoms with Crippen LogP contribution in [0.4, 0.5) is 0 Å². The molecule has 21 heavy (non-hydrogen) atoms. The van der Waals surface area contributed by atoms with Crippen molar-refractivity contribution in [1.82, 2.24) is 4.73 Å². The molecule has 0 aliphatic heterocycles. The highest BCUT2D eigenvalue weighted by Gasteiger charge is 2.04. The van der Waals surface area contributed by atoms with E-state index in [1.165, 1.54) is 6.20 Å². The topological polar surface area (TPSA) is 59.3 Å². The minimum Gasteiger partial charge on any atom is -0.427 e. The van der Waals surface area contributed by atoms with E-state index in [1.54, 1.807) is 12.1 Å². The van der Waals surface area contributed by atoms with E-state index >= 15 is 0 Å². The van der Waals surface area contributed by atoms with Gasteiger partial charge in [0.15, 0.2) is 0 Å². The molecular formula is C16H13NO3S. The van der Waals surface area contributed by atoms with Crippen LogP contribution in [0.3, 0.4) is 0 Å². The lowest BCUT2D eigenvalue weighted by Gasteiger charge is -2.05. The first-order chi connectivity index (χ1) is 10.1. The third-order valence-corrected chi connectivity index (χ3v) is 4.14. The predicted molar refractivity (Wildman–Crippen MR) is 80.5 cm³/mol. The van der Waals surface area contributed by atoms with Gasteiger partial charge in [0.2, 0.25) is 14.9 Å². The maximum atomic E-state index is 11.3. The van der Waals surface area contributed by atoms with Gasteiger partial charge in [-0.2, -0.15) is 13.1 Å². The normalized spacial score (nSPS) is 10.7. The number of aromatic nitrogens is 1. The molecule has 0 atom stereocenters. The van der Waals surface area contributed by atoms with Crippen LogP contribution in [0.2, 0.25) is 0 Å². The van der Waals surface area contributed by atoms with Crippen LogP contribution in [0.25, 0.3) is 10.8 Å². The van der Waals surface area contributed by atoms with Crippen molar-refractivity contribution in [3.8, 4) is 0 Å². The fourth-order valence-electron chi connectivity index (χ4n) is 2.41. The average Bonchev–Trinajstić information content (AvgIpc) is 2.47. The van der Waals surface area contributed by atoms with Crippen LogP contribution in [0, 0.1) is 4.64 Å². The number of nitrogens with zero attached hydrogens (tertiary/aromatic N) is 1. The van der Waals surface area contributed by atoms with Crippen molar-refractivity contribution in [2.75, 3.05) is 0 Å². The molecule has 1 N–H and O–H groups in total. The molecule has 0 spiro atoms. The second-order valence-corrected chi connectivity index (χ2v) is 5.63. The molecule has 3 rings (SSSR count). The van der Waals surface area contributed by atoms with Gasteiger partial charge in [0.25, 0.3) is 0 Å². The fourth-order valence-corrected chi connectivity index (χ4v) is 2.98. The van der Waals surface area contributed by atoms with Crippen molar-refractivity contribution in [2.24, 2.45) is 0 Å². The molecule has 1 heterocycles. The Morgan fingerprint density at radius 2 is 1.71 bits per heavy atom. The molecule has 0 saturated carbocycles. The van der Waals surface area contributed by atoms with Crippen molar-refractivity contribution >= 4 is 21.1 Å². The lowest BCUT2D eigenvalue weighted by atomic mass is 10.0. The van der Waals surface area contributed by atoms with E-state index in [9.17, 15) is 13.6 Å². The Balaban J connectivity index is 2.12. The Morgan fingerprint density at radius 1 is 0.952 bits per heavy atom. The maximum Gasteiger partial charge on any atom is 0.242 e. The number of hydrogen-bond acceptors (Lipinski definition) is 3.